The normalized spacial score (nSPS) is 39.6. The number of ether oxygens (including phenoxy) is 1. The zero-order chi connectivity index (χ0) is 16.0. The Hall–Kier alpha value is -0.900. The Labute approximate surface area is 139 Å². The summed E-state index contributed by atoms with van der Waals surface area (Å²) < 4.78 is 11.1. The lowest BCUT2D eigenvalue weighted by Crippen LogP contribution is -2.68. The van der Waals surface area contributed by atoms with Crippen molar-refractivity contribution in [3.63, 3.8) is 0 Å². The molecule has 0 bridgehead atoms. The van der Waals surface area contributed by atoms with E-state index < -0.39 is 13.6 Å². The molecule has 6 atom stereocenters. The van der Waals surface area contributed by atoms with Crippen LogP contribution in [0.2, 0.25) is 0 Å². The van der Waals surface area contributed by atoms with Gasteiger partial charge in [0.25, 0.3) is 5.91 Å². The third-order valence-electron chi connectivity index (χ3n) is 4.38. The number of hydrogen-bond donors (Lipinski definition) is 4. The topological polar surface area (TPSA) is 98.7 Å². The first-order valence-electron chi connectivity index (χ1n) is 7.41. The second-order valence-electron chi connectivity index (χ2n) is 5.74. The van der Waals surface area contributed by atoms with E-state index in [1.54, 1.807) is 23.6 Å². The average Bonchev–Trinajstić information content (AvgIpc) is 3.24. The van der Waals surface area contributed by atoms with Crippen molar-refractivity contribution in [1.82, 2.24) is 20.4 Å². The van der Waals surface area contributed by atoms with Gasteiger partial charge in [-0.1, -0.05) is 12.2 Å². The molecule has 0 radical (unpaired) electrons. The first-order valence-corrected chi connectivity index (χ1v) is 9.78. The molecule has 3 N–H and O–H groups in total. The molecule has 0 aromatic heterocycles. The van der Waals surface area contributed by atoms with Crippen LogP contribution < -0.4 is 10.6 Å². The Morgan fingerprint density at radius 2 is 2.43 bits per heavy atom. The van der Waals surface area contributed by atoms with Crippen LogP contribution >= 0.6 is 19.8 Å². The van der Waals surface area contributed by atoms with Crippen molar-refractivity contribution in [2.75, 3.05) is 6.61 Å². The van der Waals surface area contributed by atoms with Gasteiger partial charge < -0.3 is 24.4 Å². The van der Waals surface area contributed by atoms with Crippen molar-refractivity contribution in [2.45, 2.75) is 43.7 Å². The third kappa shape index (κ3) is 2.84. The number of nitrogens with zero attached hydrogens (tertiary/aromatic N) is 3. The molecule has 1 amide bonds. The Morgan fingerprint density at radius 1 is 1.57 bits per heavy atom. The third-order valence-corrected chi connectivity index (χ3v) is 5.10. The summed E-state index contributed by atoms with van der Waals surface area (Å²) in [6.07, 6.45) is 6.09. The second kappa shape index (κ2) is 6.19. The minimum absolute atomic E-state index is 0.0300. The molecule has 2 saturated heterocycles. The molecule has 126 valence electrons. The molecule has 2 fully saturated rings. The van der Waals surface area contributed by atoms with E-state index in [-0.39, 0.29) is 30.7 Å². The largest absolute Gasteiger partial charge is 0.357 e. The van der Waals surface area contributed by atoms with Crippen molar-refractivity contribution in [1.29, 1.82) is 0 Å². The molecule has 4 rings (SSSR count). The molecule has 23 heavy (non-hydrogen) atoms. The number of carbonyl (C=O) groups excluding carboxylic acids is 1. The van der Waals surface area contributed by atoms with Gasteiger partial charge in [0.05, 0.1) is 19.0 Å². The fraction of sp³-hybridized carbons (Fsp3) is 0.667. The van der Waals surface area contributed by atoms with Gasteiger partial charge in [-0.2, -0.15) is 0 Å². The van der Waals surface area contributed by atoms with Crippen LogP contribution in [0.25, 0.3) is 0 Å². The van der Waals surface area contributed by atoms with Gasteiger partial charge in [0.15, 0.2) is 12.3 Å². The highest BCUT2D eigenvalue weighted by atomic mass is 32.7. The fourth-order valence-corrected chi connectivity index (χ4v) is 3.80. The molecular formula is C12H18N5O4PS. The quantitative estimate of drug-likeness (QED) is 0.396. The summed E-state index contributed by atoms with van der Waals surface area (Å²) in [5.41, 5.74) is 0. The van der Waals surface area contributed by atoms with Gasteiger partial charge >= 0.3 is 0 Å². The number of amides is 1. The molecule has 0 spiro atoms. The molecule has 0 aromatic carbocycles. The summed E-state index contributed by atoms with van der Waals surface area (Å²) in [6, 6.07) is -0.461. The van der Waals surface area contributed by atoms with E-state index in [1.165, 1.54) is 0 Å². The van der Waals surface area contributed by atoms with Crippen LogP contribution in [0.4, 0.5) is 0 Å². The fourth-order valence-electron chi connectivity index (χ4n) is 3.30. The van der Waals surface area contributed by atoms with Crippen molar-refractivity contribution >= 4 is 32.1 Å². The van der Waals surface area contributed by atoms with Crippen LogP contribution in [0.1, 0.15) is 12.8 Å². The van der Waals surface area contributed by atoms with E-state index in [0.29, 0.717) is 6.61 Å². The summed E-state index contributed by atoms with van der Waals surface area (Å²) in [6.45, 7) is 0.315. The monoisotopic (exact) mass is 359 g/mol. The number of fused-ring (bicyclic) bond motifs is 2. The standard InChI is InChI=1S/C12H18N5O4PS/c18-11-9-10(15-12-13-3-4-16(11)12)17(6-14-9)8-2-1-7(21-8)5-20-22(19)23/h3-4,6-10,12-13,15,19,23H,1-2,5H2/t7-,8+,9?,10?,12?,22-/m0/s1. The highest BCUT2D eigenvalue weighted by Gasteiger charge is 2.49. The number of rotatable bonds is 4. The summed E-state index contributed by atoms with van der Waals surface area (Å²) in [4.78, 5) is 29.5. The van der Waals surface area contributed by atoms with Gasteiger partial charge in [0.2, 0.25) is 7.58 Å². The van der Waals surface area contributed by atoms with Gasteiger partial charge in [0, 0.05) is 12.4 Å². The number of thiol groups is 1. The van der Waals surface area contributed by atoms with Gasteiger partial charge in [0.1, 0.15) is 12.4 Å². The summed E-state index contributed by atoms with van der Waals surface area (Å²) in [5.74, 6) is -0.0300. The van der Waals surface area contributed by atoms with E-state index in [9.17, 15) is 4.79 Å². The van der Waals surface area contributed by atoms with Crippen LogP contribution in [-0.2, 0) is 14.1 Å². The van der Waals surface area contributed by atoms with Gasteiger partial charge in [-0.25, -0.2) is 0 Å². The molecule has 0 saturated carbocycles. The summed E-state index contributed by atoms with van der Waals surface area (Å²) in [7, 11) is -1.67. The molecule has 4 heterocycles. The smallest absolute Gasteiger partial charge is 0.257 e. The molecule has 4 aliphatic heterocycles. The van der Waals surface area contributed by atoms with E-state index in [4.69, 9.17) is 14.2 Å². The second-order valence-corrected chi connectivity index (χ2v) is 7.53. The molecule has 11 heteroatoms. The van der Waals surface area contributed by atoms with Gasteiger partial charge in [-0.05, 0) is 12.8 Å². The van der Waals surface area contributed by atoms with Crippen molar-refractivity contribution in [3.8, 4) is 0 Å². The minimum atomic E-state index is -1.67. The maximum atomic E-state index is 12.4. The lowest BCUT2D eigenvalue weighted by Gasteiger charge is -2.41. The van der Waals surface area contributed by atoms with Crippen LogP contribution in [0.15, 0.2) is 17.4 Å². The van der Waals surface area contributed by atoms with Crippen molar-refractivity contribution < 1.29 is 18.9 Å². The Balaban J connectivity index is 1.40. The van der Waals surface area contributed by atoms with Gasteiger partial charge in [-0.15, -0.1) is 0 Å². The van der Waals surface area contributed by atoms with Gasteiger partial charge in [-0.3, -0.25) is 20.0 Å². The van der Waals surface area contributed by atoms with Crippen molar-refractivity contribution in [3.05, 3.63) is 12.4 Å². The van der Waals surface area contributed by atoms with E-state index in [1.807, 2.05) is 4.90 Å². The van der Waals surface area contributed by atoms with E-state index >= 15 is 0 Å². The Bertz CT molecular complexity index is 550. The molecular weight excluding hydrogens is 341 g/mol. The highest BCUT2D eigenvalue weighted by molar-refractivity contribution is 8.41. The first-order chi connectivity index (χ1) is 11.1. The number of hydrogen-bond acceptors (Lipinski definition) is 9. The van der Waals surface area contributed by atoms with E-state index in [0.717, 1.165) is 12.8 Å². The SMILES string of the molecule is O=C1C2N=CN([C@H]3CC[C@@H](CO[P@](O)S)O3)C2NC2NC=CN12. The maximum Gasteiger partial charge on any atom is 0.257 e. The highest BCUT2D eigenvalue weighted by Crippen LogP contribution is 2.37. The molecule has 9 nitrogen and oxygen atoms in total. The van der Waals surface area contributed by atoms with Crippen molar-refractivity contribution in [2.24, 2.45) is 4.99 Å². The predicted octanol–water partition coefficient (Wildman–Crippen LogP) is -0.515. The predicted molar refractivity (Wildman–Crippen MR) is 85.9 cm³/mol. The minimum Gasteiger partial charge on any atom is -0.357 e. The van der Waals surface area contributed by atoms with Crippen LogP contribution in [-0.4, -0.2) is 64.4 Å². The average molecular weight is 359 g/mol. The summed E-state index contributed by atoms with van der Waals surface area (Å²) >= 11 is 3.83. The zero-order valence-corrected chi connectivity index (χ0v) is 13.9. The molecule has 3 unspecified atom stereocenters. The zero-order valence-electron chi connectivity index (χ0n) is 12.1. The maximum absolute atomic E-state index is 12.4. The lowest BCUT2D eigenvalue weighted by atomic mass is 10.1. The summed E-state index contributed by atoms with van der Waals surface area (Å²) in [5, 5.41) is 6.46. The van der Waals surface area contributed by atoms with Crippen LogP contribution in [0, 0.1) is 0 Å². The number of carbonyl (C=O) groups is 1. The Kier molecular flexibility index (Phi) is 4.21. The Morgan fingerprint density at radius 3 is 3.26 bits per heavy atom. The molecule has 0 aromatic rings. The molecule has 0 aliphatic carbocycles. The van der Waals surface area contributed by atoms with Crippen LogP contribution in [0.5, 0.6) is 0 Å². The van der Waals surface area contributed by atoms with Crippen LogP contribution in [0.3, 0.4) is 0 Å². The number of aliphatic imine (C=N–C) groups is 1. The molecule has 4 aliphatic rings. The van der Waals surface area contributed by atoms with E-state index in [2.05, 4.69) is 27.9 Å². The first kappa shape index (κ1) is 15.6. The number of nitrogens with one attached hydrogen (secondary N) is 2. The lowest BCUT2D eigenvalue weighted by molar-refractivity contribution is -0.140.